The van der Waals surface area contributed by atoms with E-state index < -0.39 is 17.7 Å². The standard InChI is InChI=1S/C14H15F3O2/c1-9(2)12(8-13(18)19-3)10-4-6-11(7-5-10)14(15,16)17/h4-9H,1-3H3/b12-8-. The van der Waals surface area contributed by atoms with Crippen LogP contribution < -0.4 is 0 Å². The Morgan fingerprint density at radius 2 is 1.74 bits per heavy atom. The first-order valence-corrected chi connectivity index (χ1v) is 5.73. The highest BCUT2D eigenvalue weighted by Gasteiger charge is 2.30. The Kier molecular flexibility index (Phi) is 4.75. The minimum atomic E-state index is -4.36. The molecule has 0 spiro atoms. The number of halogens is 3. The number of allylic oxidation sites excluding steroid dienone is 1. The number of methoxy groups -OCH3 is 1. The van der Waals surface area contributed by atoms with Crippen molar-refractivity contribution in [1.82, 2.24) is 0 Å². The van der Waals surface area contributed by atoms with Crippen molar-refractivity contribution in [2.24, 2.45) is 5.92 Å². The van der Waals surface area contributed by atoms with Crippen LogP contribution in [0.25, 0.3) is 5.57 Å². The fraction of sp³-hybridized carbons (Fsp3) is 0.357. The van der Waals surface area contributed by atoms with Crippen molar-refractivity contribution < 1.29 is 22.7 Å². The molecule has 0 heterocycles. The molecule has 0 unspecified atom stereocenters. The number of benzene rings is 1. The molecule has 0 atom stereocenters. The molecular weight excluding hydrogens is 257 g/mol. The lowest BCUT2D eigenvalue weighted by atomic mass is 9.94. The number of carbonyl (C=O) groups excluding carboxylic acids is 1. The van der Waals surface area contributed by atoms with Crippen LogP contribution in [-0.2, 0) is 15.7 Å². The van der Waals surface area contributed by atoms with Gasteiger partial charge in [0, 0.05) is 6.08 Å². The Hall–Kier alpha value is -1.78. The molecular formula is C14H15F3O2. The molecule has 1 rings (SSSR count). The van der Waals surface area contributed by atoms with Gasteiger partial charge in [-0.15, -0.1) is 0 Å². The third kappa shape index (κ3) is 4.12. The van der Waals surface area contributed by atoms with Gasteiger partial charge in [0.05, 0.1) is 12.7 Å². The van der Waals surface area contributed by atoms with Crippen LogP contribution in [0.5, 0.6) is 0 Å². The predicted octanol–water partition coefficient (Wildman–Crippen LogP) is 3.92. The Labute approximate surface area is 109 Å². The van der Waals surface area contributed by atoms with Crippen LogP contribution in [0.3, 0.4) is 0 Å². The number of hydrogen-bond acceptors (Lipinski definition) is 2. The summed E-state index contributed by atoms with van der Waals surface area (Å²) in [5.41, 5.74) is 0.506. The highest BCUT2D eigenvalue weighted by molar-refractivity contribution is 5.91. The number of rotatable bonds is 3. The molecule has 0 saturated carbocycles. The molecule has 2 nitrogen and oxygen atoms in total. The van der Waals surface area contributed by atoms with E-state index in [2.05, 4.69) is 4.74 Å². The number of alkyl halides is 3. The van der Waals surface area contributed by atoms with Crippen LogP contribution in [0.2, 0.25) is 0 Å². The number of esters is 1. The minimum absolute atomic E-state index is 0.00385. The predicted molar refractivity (Wildman–Crippen MR) is 66.3 cm³/mol. The van der Waals surface area contributed by atoms with E-state index in [0.717, 1.165) is 12.1 Å². The van der Waals surface area contributed by atoms with Crippen LogP contribution in [-0.4, -0.2) is 13.1 Å². The fourth-order valence-electron chi connectivity index (χ4n) is 1.62. The monoisotopic (exact) mass is 272 g/mol. The summed E-state index contributed by atoms with van der Waals surface area (Å²) >= 11 is 0. The van der Waals surface area contributed by atoms with Gasteiger partial charge in [0.2, 0.25) is 0 Å². The molecule has 0 amide bonds. The lowest BCUT2D eigenvalue weighted by molar-refractivity contribution is -0.137. The Bertz CT molecular complexity index is 470. The van der Waals surface area contributed by atoms with Crippen LogP contribution >= 0.6 is 0 Å². The van der Waals surface area contributed by atoms with E-state index in [1.807, 2.05) is 13.8 Å². The first kappa shape index (κ1) is 15.3. The molecule has 0 radical (unpaired) electrons. The highest BCUT2D eigenvalue weighted by Crippen LogP contribution is 2.31. The summed E-state index contributed by atoms with van der Waals surface area (Å²) < 4.78 is 41.9. The second kappa shape index (κ2) is 5.91. The normalized spacial score (nSPS) is 12.7. The SMILES string of the molecule is COC(=O)/C=C(\c1ccc(C(F)(F)F)cc1)C(C)C. The summed E-state index contributed by atoms with van der Waals surface area (Å²) in [6, 6.07) is 4.72. The summed E-state index contributed by atoms with van der Waals surface area (Å²) in [5.74, 6) is -0.528. The first-order valence-electron chi connectivity index (χ1n) is 5.73. The maximum absolute atomic E-state index is 12.5. The molecule has 1 aromatic rings. The first-order chi connectivity index (χ1) is 8.75. The van der Waals surface area contributed by atoms with Crippen LogP contribution in [0, 0.1) is 5.92 Å². The third-order valence-electron chi connectivity index (χ3n) is 2.64. The van der Waals surface area contributed by atoms with Gasteiger partial charge in [-0.05, 0) is 29.2 Å². The maximum Gasteiger partial charge on any atom is 0.416 e. The Morgan fingerprint density at radius 3 is 2.11 bits per heavy atom. The molecule has 104 valence electrons. The summed E-state index contributed by atoms with van der Waals surface area (Å²) in [4.78, 5) is 11.2. The van der Waals surface area contributed by atoms with Crippen molar-refractivity contribution in [3.63, 3.8) is 0 Å². The van der Waals surface area contributed by atoms with Gasteiger partial charge in [0.25, 0.3) is 0 Å². The van der Waals surface area contributed by atoms with E-state index >= 15 is 0 Å². The van der Waals surface area contributed by atoms with Crippen LogP contribution in [0.4, 0.5) is 13.2 Å². The van der Waals surface area contributed by atoms with Gasteiger partial charge >= 0.3 is 12.1 Å². The zero-order chi connectivity index (χ0) is 14.6. The van der Waals surface area contributed by atoms with E-state index in [-0.39, 0.29) is 5.92 Å². The van der Waals surface area contributed by atoms with E-state index in [4.69, 9.17) is 0 Å². The molecule has 1 aromatic carbocycles. The van der Waals surface area contributed by atoms with Crippen molar-refractivity contribution >= 4 is 11.5 Å². The fourth-order valence-corrected chi connectivity index (χ4v) is 1.62. The largest absolute Gasteiger partial charge is 0.466 e. The van der Waals surface area contributed by atoms with Crippen molar-refractivity contribution in [2.45, 2.75) is 20.0 Å². The topological polar surface area (TPSA) is 26.3 Å². The molecule has 0 fully saturated rings. The van der Waals surface area contributed by atoms with Crippen molar-refractivity contribution in [1.29, 1.82) is 0 Å². The zero-order valence-electron chi connectivity index (χ0n) is 10.9. The average Bonchev–Trinajstić information content (AvgIpc) is 2.34. The second-order valence-electron chi connectivity index (χ2n) is 4.35. The summed E-state index contributed by atoms with van der Waals surface area (Å²) in [6.07, 6.45) is -3.06. The van der Waals surface area contributed by atoms with Gasteiger partial charge in [-0.3, -0.25) is 0 Å². The van der Waals surface area contributed by atoms with Crippen molar-refractivity contribution in [3.8, 4) is 0 Å². The maximum atomic E-state index is 12.5. The molecule has 0 bridgehead atoms. The quantitative estimate of drug-likeness (QED) is 0.616. The lowest BCUT2D eigenvalue weighted by Gasteiger charge is -2.13. The molecule has 0 aliphatic rings. The second-order valence-corrected chi connectivity index (χ2v) is 4.35. The zero-order valence-corrected chi connectivity index (χ0v) is 10.9. The number of hydrogen-bond donors (Lipinski definition) is 0. The molecule has 0 aliphatic carbocycles. The van der Waals surface area contributed by atoms with Gasteiger partial charge < -0.3 is 4.74 Å². The summed E-state index contributed by atoms with van der Waals surface area (Å²) in [5, 5.41) is 0. The summed E-state index contributed by atoms with van der Waals surface area (Å²) in [7, 11) is 1.25. The van der Waals surface area contributed by atoms with Crippen molar-refractivity contribution in [3.05, 3.63) is 41.5 Å². The molecule has 19 heavy (non-hydrogen) atoms. The smallest absolute Gasteiger partial charge is 0.416 e. The number of carbonyl (C=O) groups is 1. The minimum Gasteiger partial charge on any atom is -0.466 e. The third-order valence-corrected chi connectivity index (χ3v) is 2.64. The Morgan fingerprint density at radius 1 is 1.21 bits per heavy atom. The van der Waals surface area contributed by atoms with E-state index in [9.17, 15) is 18.0 Å². The van der Waals surface area contributed by atoms with Crippen molar-refractivity contribution in [2.75, 3.05) is 7.11 Å². The van der Waals surface area contributed by atoms with E-state index in [0.29, 0.717) is 11.1 Å². The van der Waals surface area contributed by atoms with Gasteiger partial charge in [0.1, 0.15) is 0 Å². The van der Waals surface area contributed by atoms with Gasteiger partial charge in [-0.2, -0.15) is 13.2 Å². The van der Waals surface area contributed by atoms with Gasteiger partial charge in [0.15, 0.2) is 0 Å². The number of ether oxygens (including phenoxy) is 1. The molecule has 0 saturated heterocycles. The average molecular weight is 272 g/mol. The molecule has 0 aromatic heterocycles. The van der Waals surface area contributed by atoms with Crippen LogP contribution in [0.1, 0.15) is 25.0 Å². The lowest BCUT2D eigenvalue weighted by Crippen LogP contribution is -2.05. The van der Waals surface area contributed by atoms with E-state index in [1.165, 1.54) is 25.3 Å². The van der Waals surface area contributed by atoms with Crippen LogP contribution in [0.15, 0.2) is 30.3 Å². The molecule has 0 aliphatic heterocycles. The summed E-state index contributed by atoms with van der Waals surface area (Å²) in [6.45, 7) is 3.71. The van der Waals surface area contributed by atoms with Gasteiger partial charge in [-0.1, -0.05) is 26.0 Å². The van der Waals surface area contributed by atoms with E-state index in [1.54, 1.807) is 0 Å². The Balaban J connectivity index is 3.12. The highest BCUT2D eigenvalue weighted by atomic mass is 19.4. The van der Waals surface area contributed by atoms with Gasteiger partial charge in [-0.25, -0.2) is 4.79 Å². The molecule has 5 heteroatoms. The molecule has 0 N–H and O–H groups in total.